The quantitative estimate of drug-likeness (QED) is 0.498. The molecule has 0 heterocycles. The highest BCUT2D eigenvalue weighted by molar-refractivity contribution is 6.04. The topological polar surface area (TPSA) is 144 Å². The zero-order valence-electron chi connectivity index (χ0n) is 14.5. The number of rotatable bonds is 7. The van der Waals surface area contributed by atoms with Crippen LogP contribution >= 0.6 is 0 Å². The summed E-state index contributed by atoms with van der Waals surface area (Å²) >= 11 is 0. The molecule has 9 heteroatoms. The molecule has 2 rings (SSSR count). The summed E-state index contributed by atoms with van der Waals surface area (Å²) in [5.41, 5.74) is 5.87. The summed E-state index contributed by atoms with van der Waals surface area (Å²) < 4.78 is 0. The Morgan fingerprint density at radius 1 is 1.11 bits per heavy atom. The van der Waals surface area contributed by atoms with Crippen molar-refractivity contribution >= 4 is 29.1 Å². The van der Waals surface area contributed by atoms with E-state index in [-0.39, 0.29) is 34.8 Å². The maximum absolute atomic E-state index is 12.6. The maximum Gasteiger partial charge on any atom is 0.272 e. The third-order valence-corrected chi connectivity index (χ3v) is 3.74. The Morgan fingerprint density at radius 3 is 2.37 bits per heavy atom. The van der Waals surface area contributed by atoms with Crippen LogP contribution in [-0.4, -0.2) is 28.7 Å². The van der Waals surface area contributed by atoms with Gasteiger partial charge in [-0.2, -0.15) is 0 Å². The number of nitro groups is 1. The molecule has 0 saturated carbocycles. The highest BCUT2D eigenvalue weighted by atomic mass is 16.6. The van der Waals surface area contributed by atoms with Gasteiger partial charge in [0.15, 0.2) is 0 Å². The van der Waals surface area contributed by atoms with Crippen molar-refractivity contribution in [2.24, 2.45) is 5.73 Å². The number of hydrogen-bond acceptors (Lipinski definition) is 5. The Kier molecular flexibility index (Phi) is 6.21. The zero-order valence-corrected chi connectivity index (χ0v) is 14.5. The minimum atomic E-state index is -1.16. The maximum atomic E-state index is 12.6. The first-order chi connectivity index (χ1) is 12.8. The normalized spacial score (nSPS) is 11.3. The number of amides is 3. The number of anilines is 1. The lowest BCUT2D eigenvalue weighted by Crippen LogP contribution is -2.46. The van der Waals surface area contributed by atoms with Crippen molar-refractivity contribution < 1.29 is 19.3 Å². The van der Waals surface area contributed by atoms with E-state index < -0.39 is 22.8 Å². The van der Waals surface area contributed by atoms with Gasteiger partial charge in [-0.05, 0) is 12.1 Å². The molecule has 0 radical (unpaired) electrons. The van der Waals surface area contributed by atoms with Gasteiger partial charge in [-0.15, -0.1) is 0 Å². The monoisotopic (exact) mass is 370 g/mol. The summed E-state index contributed by atoms with van der Waals surface area (Å²) in [7, 11) is 0. The van der Waals surface area contributed by atoms with Crippen molar-refractivity contribution in [3.63, 3.8) is 0 Å². The fraction of sp³-hybridized carbons (Fsp3) is 0.167. The molecular weight excluding hydrogens is 352 g/mol. The number of carbonyl (C=O) groups is 3. The van der Waals surface area contributed by atoms with Crippen LogP contribution in [0.5, 0.6) is 0 Å². The van der Waals surface area contributed by atoms with E-state index in [0.29, 0.717) is 0 Å². The van der Waals surface area contributed by atoms with Gasteiger partial charge in [-0.3, -0.25) is 24.5 Å². The fourth-order valence-electron chi connectivity index (χ4n) is 2.52. The molecule has 0 saturated heterocycles. The molecule has 0 aliphatic rings. The molecule has 2 aromatic rings. The summed E-state index contributed by atoms with van der Waals surface area (Å²) in [6, 6.07) is 11.0. The lowest BCUT2D eigenvalue weighted by molar-refractivity contribution is -0.385. The Bertz CT molecular complexity index is 897. The molecule has 9 nitrogen and oxygen atoms in total. The van der Waals surface area contributed by atoms with Crippen LogP contribution in [0.4, 0.5) is 11.4 Å². The molecule has 4 N–H and O–H groups in total. The molecule has 3 amide bonds. The average molecular weight is 370 g/mol. The van der Waals surface area contributed by atoms with E-state index in [1.807, 2.05) is 0 Å². The predicted molar refractivity (Wildman–Crippen MR) is 98.0 cm³/mol. The number of benzene rings is 2. The van der Waals surface area contributed by atoms with Crippen LogP contribution in [0, 0.1) is 10.1 Å². The van der Waals surface area contributed by atoms with Gasteiger partial charge in [0.1, 0.15) is 6.04 Å². The molecular formula is C18H18N4O5. The Morgan fingerprint density at radius 2 is 1.74 bits per heavy atom. The molecule has 0 spiro atoms. The molecule has 0 bridgehead atoms. The number of nitrogens with one attached hydrogen (secondary N) is 2. The van der Waals surface area contributed by atoms with Gasteiger partial charge in [0.2, 0.25) is 11.8 Å². The van der Waals surface area contributed by atoms with Gasteiger partial charge >= 0.3 is 0 Å². The largest absolute Gasteiger partial charge is 0.368 e. The first kappa shape index (κ1) is 19.6. The highest BCUT2D eigenvalue weighted by Gasteiger charge is 2.24. The van der Waals surface area contributed by atoms with Crippen LogP contribution in [0.25, 0.3) is 0 Å². The zero-order chi connectivity index (χ0) is 20.0. The molecule has 0 unspecified atom stereocenters. The summed E-state index contributed by atoms with van der Waals surface area (Å²) in [6.45, 7) is 1.30. The minimum absolute atomic E-state index is 0.138. The van der Waals surface area contributed by atoms with E-state index in [2.05, 4.69) is 10.6 Å². The van der Waals surface area contributed by atoms with E-state index >= 15 is 0 Å². The summed E-state index contributed by atoms with van der Waals surface area (Å²) in [4.78, 5) is 46.2. The molecule has 27 heavy (non-hydrogen) atoms. The van der Waals surface area contributed by atoms with Gasteiger partial charge in [0, 0.05) is 25.0 Å². The first-order valence-electron chi connectivity index (χ1n) is 7.98. The van der Waals surface area contributed by atoms with E-state index in [1.165, 1.54) is 37.3 Å². The van der Waals surface area contributed by atoms with E-state index in [0.717, 1.165) is 0 Å². The number of nitro benzene ring substituents is 1. The van der Waals surface area contributed by atoms with Crippen molar-refractivity contribution in [1.82, 2.24) is 5.32 Å². The Hall–Kier alpha value is -3.75. The standard InChI is InChI=1S/C18H18N4O5/c1-11(23)20-14-8-4-3-7-13(14)18(25)21-15(17(19)24)10-12-6-2-5-9-16(12)22(26)27/h2-9,15H,10H2,1H3,(H2,19,24)(H,20,23)(H,21,25)/t15-/m1/s1. The predicted octanol–water partition coefficient (Wildman–Crippen LogP) is 1.38. The van der Waals surface area contributed by atoms with Crippen LogP contribution in [0.2, 0.25) is 0 Å². The van der Waals surface area contributed by atoms with Crippen LogP contribution in [0.15, 0.2) is 48.5 Å². The number of hydrogen-bond donors (Lipinski definition) is 3. The summed E-state index contributed by atoms with van der Waals surface area (Å²) in [6.07, 6.45) is -0.138. The number of carbonyl (C=O) groups excluding carboxylic acids is 3. The van der Waals surface area contributed by atoms with Gasteiger partial charge in [-0.25, -0.2) is 0 Å². The van der Waals surface area contributed by atoms with Crippen molar-refractivity contribution in [1.29, 1.82) is 0 Å². The van der Waals surface area contributed by atoms with Gasteiger partial charge in [0.25, 0.3) is 11.6 Å². The smallest absolute Gasteiger partial charge is 0.272 e. The Labute approximate surface area is 154 Å². The number of para-hydroxylation sites is 2. The third-order valence-electron chi connectivity index (χ3n) is 3.74. The molecule has 140 valence electrons. The van der Waals surface area contributed by atoms with Crippen molar-refractivity contribution in [3.05, 3.63) is 69.8 Å². The Balaban J connectivity index is 2.25. The van der Waals surface area contributed by atoms with Gasteiger partial charge in [-0.1, -0.05) is 30.3 Å². The number of nitrogens with zero attached hydrogens (tertiary/aromatic N) is 1. The fourth-order valence-corrected chi connectivity index (χ4v) is 2.52. The van der Waals surface area contributed by atoms with Crippen LogP contribution in [-0.2, 0) is 16.0 Å². The van der Waals surface area contributed by atoms with Crippen LogP contribution in [0.3, 0.4) is 0 Å². The highest BCUT2D eigenvalue weighted by Crippen LogP contribution is 2.20. The van der Waals surface area contributed by atoms with Gasteiger partial charge in [0.05, 0.1) is 16.2 Å². The first-order valence-corrected chi connectivity index (χ1v) is 7.98. The number of nitrogens with two attached hydrogens (primary N) is 1. The van der Waals surface area contributed by atoms with E-state index in [4.69, 9.17) is 5.73 Å². The SMILES string of the molecule is CC(=O)Nc1ccccc1C(=O)N[C@H](Cc1ccccc1[N+](=O)[O-])C(N)=O. The molecule has 1 atom stereocenters. The van der Waals surface area contributed by atoms with Crippen molar-refractivity contribution in [3.8, 4) is 0 Å². The van der Waals surface area contributed by atoms with E-state index in [9.17, 15) is 24.5 Å². The molecule has 0 aromatic heterocycles. The van der Waals surface area contributed by atoms with Crippen LogP contribution < -0.4 is 16.4 Å². The third kappa shape index (κ3) is 5.11. The molecule has 2 aromatic carbocycles. The lowest BCUT2D eigenvalue weighted by Gasteiger charge is -2.17. The summed E-state index contributed by atoms with van der Waals surface area (Å²) in [5.74, 6) is -1.83. The van der Waals surface area contributed by atoms with Gasteiger partial charge < -0.3 is 16.4 Å². The second kappa shape index (κ2) is 8.56. The van der Waals surface area contributed by atoms with E-state index in [1.54, 1.807) is 18.2 Å². The molecule has 0 aliphatic heterocycles. The van der Waals surface area contributed by atoms with Crippen molar-refractivity contribution in [2.75, 3.05) is 5.32 Å². The molecule has 0 aliphatic carbocycles. The average Bonchev–Trinajstić information content (AvgIpc) is 2.61. The summed E-state index contributed by atoms with van der Waals surface area (Å²) in [5, 5.41) is 16.1. The minimum Gasteiger partial charge on any atom is -0.368 e. The van der Waals surface area contributed by atoms with Crippen molar-refractivity contribution in [2.45, 2.75) is 19.4 Å². The van der Waals surface area contributed by atoms with Crippen LogP contribution in [0.1, 0.15) is 22.8 Å². The second-order valence-electron chi connectivity index (χ2n) is 5.75. The second-order valence-corrected chi connectivity index (χ2v) is 5.75. The molecule has 0 fully saturated rings. The lowest BCUT2D eigenvalue weighted by atomic mass is 10.0. The number of primary amides is 1.